The summed E-state index contributed by atoms with van der Waals surface area (Å²) in [6, 6.07) is 52.3. The second kappa shape index (κ2) is 9.15. The smallest absolute Gasteiger partial charge is 0.00141 e. The Morgan fingerprint density at radius 3 is 1.61 bits per heavy atom. The SMILES string of the molecule is CC(C)(C)c1cc2ccc3c(-c4ccc5cc(-c6ccc7ccccc7c6)ccc5c4)ccc4c5ccccc5c(c1)c2c34. The molecule has 208 valence electrons. The summed E-state index contributed by atoms with van der Waals surface area (Å²) in [4.78, 5) is 0. The molecule has 9 rings (SSSR count). The number of hydrogen-bond donors (Lipinski definition) is 0. The average molecular weight is 561 g/mol. The van der Waals surface area contributed by atoms with Crippen LogP contribution < -0.4 is 0 Å². The van der Waals surface area contributed by atoms with Crippen LogP contribution in [-0.2, 0) is 5.41 Å². The van der Waals surface area contributed by atoms with E-state index in [1.807, 2.05) is 0 Å². The number of rotatable bonds is 2. The minimum absolute atomic E-state index is 0.0793. The maximum Gasteiger partial charge on any atom is -0.00141 e. The van der Waals surface area contributed by atoms with Crippen LogP contribution in [0.5, 0.6) is 0 Å². The van der Waals surface area contributed by atoms with Gasteiger partial charge in [-0.15, -0.1) is 0 Å². The Hall–Kier alpha value is -5.20. The second-order valence-electron chi connectivity index (χ2n) is 13.4. The van der Waals surface area contributed by atoms with Crippen molar-refractivity contribution in [1.82, 2.24) is 0 Å². The van der Waals surface area contributed by atoms with Gasteiger partial charge in [-0.3, -0.25) is 0 Å². The lowest BCUT2D eigenvalue weighted by molar-refractivity contribution is 0.592. The zero-order chi connectivity index (χ0) is 29.6. The van der Waals surface area contributed by atoms with Crippen LogP contribution in [0.25, 0.3) is 86.9 Å². The summed E-state index contributed by atoms with van der Waals surface area (Å²) < 4.78 is 0. The molecule has 44 heavy (non-hydrogen) atoms. The molecule has 0 atom stereocenters. The fourth-order valence-corrected chi connectivity index (χ4v) is 7.35. The Morgan fingerprint density at radius 1 is 0.341 bits per heavy atom. The van der Waals surface area contributed by atoms with Crippen LogP contribution in [0.2, 0.25) is 0 Å². The zero-order valence-electron chi connectivity index (χ0n) is 25.3. The molecule has 0 nitrogen and oxygen atoms in total. The van der Waals surface area contributed by atoms with Gasteiger partial charge in [0.1, 0.15) is 0 Å². The van der Waals surface area contributed by atoms with Gasteiger partial charge >= 0.3 is 0 Å². The molecular formula is C44H32. The van der Waals surface area contributed by atoms with Gasteiger partial charge < -0.3 is 0 Å². The van der Waals surface area contributed by atoms with Crippen molar-refractivity contribution in [2.75, 3.05) is 0 Å². The standard InChI is InChI=1S/C44H32/c1-44(2,3)35-25-34-18-19-39-36(20-21-40-37-10-6-7-11-38(37)41(26-35)42(34)43(39)40)33-17-16-31-23-30(14-15-32(31)24-33)29-13-12-27-8-4-5-9-28(27)22-29/h4-26H,1-3H3. The van der Waals surface area contributed by atoms with E-state index in [1.165, 1.54) is 92.5 Å². The minimum Gasteiger partial charge on any atom is -0.0616 e. The van der Waals surface area contributed by atoms with Gasteiger partial charge in [0.2, 0.25) is 0 Å². The van der Waals surface area contributed by atoms with E-state index in [9.17, 15) is 0 Å². The first-order valence-corrected chi connectivity index (χ1v) is 15.6. The summed E-state index contributed by atoms with van der Waals surface area (Å²) in [6.45, 7) is 6.93. The molecule has 0 unspecified atom stereocenters. The number of hydrogen-bond acceptors (Lipinski definition) is 0. The Bertz CT molecular complexity index is 2570. The van der Waals surface area contributed by atoms with Crippen molar-refractivity contribution in [3.05, 3.63) is 145 Å². The third-order valence-corrected chi connectivity index (χ3v) is 9.70. The minimum atomic E-state index is 0.0793. The van der Waals surface area contributed by atoms with Crippen molar-refractivity contribution in [2.45, 2.75) is 26.2 Å². The van der Waals surface area contributed by atoms with Gasteiger partial charge in [0.25, 0.3) is 0 Å². The highest BCUT2D eigenvalue weighted by molar-refractivity contribution is 6.35. The fraction of sp³-hybridized carbons (Fsp3) is 0.0909. The molecule has 0 saturated carbocycles. The van der Waals surface area contributed by atoms with Crippen LogP contribution in [0, 0.1) is 0 Å². The molecule has 0 heterocycles. The van der Waals surface area contributed by atoms with Gasteiger partial charge in [0.05, 0.1) is 0 Å². The van der Waals surface area contributed by atoms with E-state index in [4.69, 9.17) is 0 Å². The van der Waals surface area contributed by atoms with E-state index < -0.39 is 0 Å². The molecule has 0 saturated heterocycles. The molecule has 0 spiro atoms. The van der Waals surface area contributed by atoms with Crippen molar-refractivity contribution in [3.63, 3.8) is 0 Å². The van der Waals surface area contributed by atoms with E-state index in [0.717, 1.165) is 0 Å². The maximum absolute atomic E-state index is 2.44. The predicted molar refractivity (Wildman–Crippen MR) is 192 cm³/mol. The molecule has 0 aliphatic rings. The van der Waals surface area contributed by atoms with Gasteiger partial charge in [-0.1, -0.05) is 136 Å². The lowest BCUT2D eigenvalue weighted by Gasteiger charge is -2.23. The first kappa shape index (κ1) is 25.3. The monoisotopic (exact) mass is 560 g/mol. The van der Waals surface area contributed by atoms with Crippen molar-refractivity contribution in [2.24, 2.45) is 0 Å². The van der Waals surface area contributed by atoms with E-state index in [0.29, 0.717) is 0 Å². The molecule has 0 aromatic heterocycles. The lowest BCUT2D eigenvalue weighted by Crippen LogP contribution is -2.11. The van der Waals surface area contributed by atoms with Gasteiger partial charge in [-0.25, -0.2) is 0 Å². The number of fused-ring (bicyclic) bond motifs is 5. The zero-order valence-corrected chi connectivity index (χ0v) is 25.3. The van der Waals surface area contributed by atoms with Crippen molar-refractivity contribution < 1.29 is 0 Å². The van der Waals surface area contributed by atoms with Crippen LogP contribution in [0.3, 0.4) is 0 Å². The topological polar surface area (TPSA) is 0 Å². The maximum atomic E-state index is 2.44. The van der Waals surface area contributed by atoms with Gasteiger partial charge in [-0.2, -0.15) is 0 Å². The molecular weight excluding hydrogens is 528 g/mol. The summed E-state index contributed by atoms with van der Waals surface area (Å²) in [7, 11) is 0. The van der Waals surface area contributed by atoms with Crippen molar-refractivity contribution in [1.29, 1.82) is 0 Å². The van der Waals surface area contributed by atoms with Gasteiger partial charge in [-0.05, 0) is 122 Å². The molecule has 0 heteroatoms. The first-order valence-electron chi connectivity index (χ1n) is 15.6. The average Bonchev–Trinajstić information content (AvgIpc) is 3.06. The molecule has 9 aromatic rings. The first-order chi connectivity index (χ1) is 21.4. The molecule has 0 aliphatic heterocycles. The molecule has 0 radical (unpaired) electrons. The molecule has 0 N–H and O–H groups in total. The third kappa shape index (κ3) is 3.77. The van der Waals surface area contributed by atoms with E-state index >= 15 is 0 Å². The lowest BCUT2D eigenvalue weighted by atomic mass is 9.81. The fourth-order valence-electron chi connectivity index (χ4n) is 7.35. The highest BCUT2D eigenvalue weighted by Crippen LogP contribution is 2.45. The van der Waals surface area contributed by atoms with Crippen LogP contribution in [-0.4, -0.2) is 0 Å². The largest absolute Gasteiger partial charge is 0.0616 e. The van der Waals surface area contributed by atoms with Crippen molar-refractivity contribution in [3.8, 4) is 22.3 Å². The van der Waals surface area contributed by atoms with Crippen LogP contribution in [0.4, 0.5) is 0 Å². The Kier molecular flexibility index (Phi) is 5.26. The summed E-state index contributed by atoms with van der Waals surface area (Å²) in [5, 5.41) is 15.8. The highest BCUT2D eigenvalue weighted by atomic mass is 14.2. The molecule has 0 bridgehead atoms. The van der Waals surface area contributed by atoms with Gasteiger partial charge in [0, 0.05) is 0 Å². The number of benzene rings is 9. The summed E-state index contributed by atoms with van der Waals surface area (Å²) in [6.07, 6.45) is 0. The summed E-state index contributed by atoms with van der Waals surface area (Å²) in [5.74, 6) is 0. The Balaban J connectivity index is 1.24. The van der Waals surface area contributed by atoms with Crippen LogP contribution in [0.15, 0.2) is 140 Å². The van der Waals surface area contributed by atoms with E-state index in [2.05, 4.69) is 160 Å². The van der Waals surface area contributed by atoms with Crippen LogP contribution >= 0.6 is 0 Å². The summed E-state index contributed by atoms with van der Waals surface area (Å²) >= 11 is 0. The second-order valence-corrected chi connectivity index (χ2v) is 13.4. The summed E-state index contributed by atoms with van der Waals surface area (Å²) in [5.41, 5.74) is 6.51. The predicted octanol–water partition coefficient (Wildman–Crippen LogP) is 12.7. The normalized spacial score (nSPS) is 12.4. The van der Waals surface area contributed by atoms with E-state index in [1.54, 1.807) is 0 Å². The van der Waals surface area contributed by atoms with E-state index in [-0.39, 0.29) is 5.41 Å². The Labute approximate surface area is 257 Å². The quantitative estimate of drug-likeness (QED) is 0.146. The highest BCUT2D eigenvalue weighted by Gasteiger charge is 2.20. The molecule has 0 fully saturated rings. The van der Waals surface area contributed by atoms with Crippen LogP contribution in [0.1, 0.15) is 26.3 Å². The van der Waals surface area contributed by atoms with Crippen molar-refractivity contribution >= 4 is 64.6 Å². The molecule has 0 amide bonds. The molecule has 0 aliphatic carbocycles. The molecule has 9 aromatic carbocycles. The van der Waals surface area contributed by atoms with Gasteiger partial charge in [0.15, 0.2) is 0 Å². The Morgan fingerprint density at radius 2 is 0.886 bits per heavy atom. The third-order valence-electron chi connectivity index (χ3n) is 9.70.